The Bertz CT molecular complexity index is 672. The molecule has 98 valence electrons. The maximum absolute atomic E-state index is 11.1. The third kappa shape index (κ3) is 1.51. The van der Waals surface area contributed by atoms with Crippen molar-refractivity contribution in [3.63, 3.8) is 0 Å². The van der Waals surface area contributed by atoms with Gasteiger partial charge in [-0.25, -0.2) is 9.78 Å². The monoisotopic (exact) mass is 257 g/mol. The van der Waals surface area contributed by atoms with Crippen LogP contribution in [-0.4, -0.2) is 33.7 Å². The number of rotatable bonds is 2. The molecule has 1 aromatic carbocycles. The molecule has 2 aromatic rings. The number of hydrogen-bond donors (Lipinski definition) is 2. The number of nitrogens with one attached hydrogen (secondary N) is 1. The zero-order chi connectivity index (χ0) is 13.0. The molecule has 0 bridgehead atoms. The lowest BCUT2D eigenvalue weighted by atomic mass is 10.0. The lowest BCUT2D eigenvalue weighted by Crippen LogP contribution is -2.18. The van der Waals surface area contributed by atoms with Crippen molar-refractivity contribution < 1.29 is 9.90 Å². The van der Waals surface area contributed by atoms with E-state index in [2.05, 4.69) is 14.9 Å². The molecule has 0 amide bonds. The molecule has 2 fully saturated rings. The van der Waals surface area contributed by atoms with Gasteiger partial charge in [0, 0.05) is 18.5 Å². The maximum atomic E-state index is 11.1. The first kappa shape index (κ1) is 11.0. The number of nitrogens with zero attached hydrogens (tertiary/aromatic N) is 2. The van der Waals surface area contributed by atoms with Crippen LogP contribution in [0.15, 0.2) is 24.5 Å². The van der Waals surface area contributed by atoms with E-state index in [-0.39, 0.29) is 0 Å². The SMILES string of the molecule is O=C(O)c1ccc2ncn(C3CNCC34CC4)c2c1. The van der Waals surface area contributed by atoms with Crippen molar-refractivity contribution in [3.05, 3.63) is 30.1 Å². The Morgan fingerprint density at radius 3 is 3.05 bits per heavy atom. The standard InChI is InChI=1S/C14H15N3O2/c18-13(19)9-1-2-10-11(5-9)17(8-16-10)12-6-15-7-14(12)3-4-14/h1-2,5,8,12,15H,3-4,6-7H2,(H,18,19). The Kier molecular flexibility index (Phi) is 2.07. The quantitative estimate of drug-likeness (QED) is 0.858. The largest absolute Gasteiger partial charge is 0.478 e. The zero-order valence-corrected chi connectivity index (χ0v) is 10.5. The summed E-state index contributed by atoms with van der Waals surface area (Å²) < 4.78 is 2.16. The van der Waals surface area contributed by atoms with E-state index in [1.807, 2.05) is 6.33 Å². The van der Waals surface area contributed by atoms with Gasteiger partial charge >= 0.3 is 5.97 Å². The molecule has 2 heterocycles. The fraction of sp³-hybridized carbons (Fsp3) is 0.429. The van der Waals surface area contributed by atoms with Gasteiger partial charge in [-0.15, -0.1) is 0 Å². The van der Waals surface area contributed by atoms with Gasteiger partial charge in [-0.05, 0) is 31.0 Å². The number of fused-ring (bicyclic) bond motifs is 1. The summed E-state index contributed by atoms with van der Waals surface area (Å²) in [6.45, 7) is 2.01. The first-order chi connectivity index (χ1) is 9.20. The molecular weight excluding hydrogens is 242 g/mol. The van der Waals surface area contributed by atoms with Crippen LogP contribution in [0.5, 0.6) is 0 Å². The normalized spacial score (nSPS) is 24.1. The molecule has 1 spiro atoms. The third-order valence-corrected chi connectivity index (χ3v) is 4.57. The van der Waals surface area contributed by atoms with E-state index < -0.39 is 5.97 Å². The molecule has 2 N–H and O–H groups in total. The highest BCUT2D eigenvalue weighted by molar-refractivity contribution is 5.92. The van der Waals surface area contributed by atoms with E-state index in [9.17, 15) is 4.79 Å². The number of aromatic carboxylic acids is 1. The fourth-order valence-corrected chi connectivity index (χ4v) is 3.26. The van der Waals surface area contributed by atoms with Gasteiger partial charge in [-0.3, -0.25) is 0 Å². The Labute approximate surface area is 110 Å². The van der Waals surface area contributed by atoms with Crippen LogP contribution < -0.4 is 5.32 Å². The third-order valence-electron chi connectivity index (χ3n) is 4.57. The van der Waals surface area contributed by atoms with Crippen LogP contribution in [0.3, 0.4) is 0 Å². The van der Waals surface area contributed by atoms with Crippen molar-refractivity contribution in [2.24, 2.45) is 5.41 Å². The molecule has 2 aliphatic rings. The van der Waals surface area contributed by atoms with Crippen molar-refractivity contribution in [3.8, 4) is 0 Å². The summed E-state index contributed by atoms with van der Waals surface area (Å²) in [4.78, 5) is 15.5. The number of imidazole rings is 1. The number of carboxylic acid groups (broad SMARTS) is 1. The number of benzene rings is 1. The molecule has 1 saturated carbocycles. The lowest BCUT2D eigenvalue weighted by Gasteiger charge is -2.19. The fourth-order valence-electron chi connectivity index (χ4n) is 3.26. The highest BCUT2D eigenvalue weighted by Gasteiger charge is 2.53. The average molecular weight is 257 g/mol. The Morgan fingerprint density at radius 2 is 2.32 bits per heavy atom. The summed E-state index contributed by atoms with van der Waals surface area (Å²) in [6, 6.07) is 5.54. The molecule has 0 radical (unpaired) electrons. The van der Waals surface area contributed by atoms with Gasteiger partial charge in [0.15, 0.2) is 0 Å². The van der Waals surface area contributed by atoms with Crippen LogP contribution >= 0.6 is 0 Å². The molecule has 1 aliphatic heterocycles. The van der Waals surface area contributed by atoms with Crippen LogP contribution in [0.2, 0.25) is 0 Å². The topological polar surface area (TPSA) is 67.1 Å². The number of hydrogen-bond acceptors (Lipinski definition) is 3. The van der Waals surface area contributed by atoms with E-state index >= 15 is 0 Å². The van der Waals surface area contributed by atoms with Gasteiger partial charge < -0.3 is 15.0 Å². The number of carbonyl (C=O) groups is 1. The Balaban J connectivity index is 1.85. The van der Waals surface area contributed by atoms with Gasteiger partial charge in [-0.2, -0.15) is 0 Å². The van der Waals surface area contributed by atoms with Gasteiger partial charge in [0.1, 0.15) is 0 Å². The second-order valence-corrected chi connectivity index (χ2v) is 5.67. The molecular formula is C14H15N3O2. The summed E-state index contributed by atoms with van der Waals surface area (Å²) in [7, 11) is 0. The Hall–Kier alpha value is -1.88. The van der Waals surface area contributed by atoms with E-state index in [0.717, 1.165) is 24.1 Å². The summed E-state index contributed by atoms with van der Waals surface area (Å²) in [6.07, 6.45) is 4.36. The highest BCUT2D eigenvalue weighted by atomic mass is 16.4. The van der Waals surface area contributed by atoms with E-state index in [4.69, 9.17) is 5.11 Å². The van der Waals surface area contributed by atoms with Crippen LogP contribution in [-0.2, 0) is 0 Å². The first-order valence-corrected chi connectivity index (χ1v) is 6.60. The maximum Gasteiger partial charge on any atom is 0.335 e. The minimum absolute atomic E-state index is 0.324. The van der Waals surface area contributed by atoms with Gasteiger partial charge in [0.25, 0.3) is 0 Å². The van der Waals surface area contributed by atoms with Gasteiger partial charge in [-0.1, -0.05) is 0 Å². The number of aromatic nitrogens is 2. The van der Waals surface area contributed by atoms with Crippen molar-refractivity contribution in [1.29, 1.82) is 0 Å². The summed E-state index contributed by atoms with van der Waals surface area (Å²) in [5, 5.41) is 12.6. The molecule has 1 saturated heterocycles. The van der Waals surface area contributed by atoms with Crippen molar-refractivity contribution >= 4 is 17.0 Å². The van der Waals surface area contributed by atoms with E-state index in [1.165, 1.54) is 12.8 Å². The van der Waals surface area contributed by atoms with Gasteiger partial charge in [0.05, 0.1) is 29.0 Å². The van der Waals surface area contributed by atoms with Crippen LogP contribution in [0.4, 0.5) is 0 Å². The van der Waals surface area contributed by atoms with Crippen LogP contribution in [0.25, 0.3) is 11.0 Å². The van der Waals surface area contributed by atoms with Crippen LogP contribution in [0, 0.1) is 5.41 Å². The zero-order valence-electron chi connectivity index (χ0n) is 10.5. The predicted octanol–water partition coefficient (Wildman–Crippen LogP) is 1.66. The summed E-state index contributed by atoms with van der Waals surface area (Å²) in [5.41, 5.74) is 2.50. The lowest BCUT2D eigenvalue weighted by molar-refractivity contribution is 0.0697. The molecule has 1 aliphatic carbocycles. The number of carboxylic acids is 1. The molecule has 1 atom stereocenters. The molecule has 5 heteroatoms. The molecule has 19 heavy (non-hydrogen) atoms. The molecule has 5 nitrogen and oxygen atoms in total. The molecule has 4 rings (SSSR count). The second-order valence-electron chi connectivity index (χ2n) is 5.67. The van der Waals surface area contributed by atoms with Crippen molar-refractivity contribution in [2.45, 2.75) is 18.9 Å². The average Bonchev–Trinajstić information content (AvgIpc) is 2.87. The Morgan fingerprint density at radius 1 is 1.47 bits per heavy atom. The highest BCUT2D eigenvalue weighted by Crippen LogP contribution is 2.56. The van der Waals surface area contributed by atoms with Crippen molar-refractivity contribution in [1.82, 2.24) is 14.9 Å². The summed E-state index contributed by atoms with van der Waals surface area (Å²) >= 11 is 0. The minimum atomic E-state index is -0.889. The minimum Gasteiger partial charge on any atom is -0.478 e. The smallest absolute Gasteiger partial charge is 0.335 e. The van der Waals surface area contributed by atoms with Gasteiger partial charge in [0.2, 0.25) is 0 Å². The second kappa shape index (κ2) is 3.57. The molecule has 1 aromatic heterocycles. The summed E-state index contributed by atoms with van der Waals surface area (Å²) in [5.74, 6) is -0.889. The molecule has 1 unspecified atom stereocenters. The predicted molar refractivity (Wildman–Crippen MR) is 70.3 cm³/mol. The van der Waals surface area contributed by atoms with E-state index in [0.29, 0.717) is 17.0 Å². The van der Waals surface area contributed by atoms with Crippen molar-refractivity contribution in [2.75, 3.05) is 13.1 Å². The van der Waals surface area contributed by atoms with E-state index in [1.54, 1.807) is 18.2 Å². The van der Waals surface area contributed by atoms with Crippen LogP contribution in [0.1, 0.15) is 29.2 Å². The first-order valence-electron chi connectivity index (χ1n) is 6.60.